The largest absolute Gasteiger partial charge is 0.456 e. The summed E-state index contributed by atoms with van der Waals surface area (Å²) < 4.78 is 13.3. The van der Waals surface area contributed by atoms with Gasteiger partial charge >= 0.3 is 0 Å². The Morgan fingerprint density at radius 1 is 0.500 bits per heavy atom. The highest BCUT2D eigenvalue weighted by molar-refractivity contribution is 7.27. The number of thiophene rings is 2. The van der Waals surface area contributed by atoms with Crippen molar-refractivity contribution < 1.29 is 4.42 Å². The van der Waals surface area contributed by atoms with E-state index >= 15 is 0 Å². The molecule has 11 rings (SSSR count). The van der Waals surface area contributed by atoms with Crippen LogP contribution < -0.4 is 0 Å². The van der Waals surface area contributed by atoms with Gasteiger partial charge in [0.05, 0.1) is 31.6 Å². The van der Waals surface area contributed by atoms with Crippen LogP contribution in [0.3, 0.4) is 0 Å². The first kappa shape index (κ1) is 24.7. The lowest BCUT2D eigenvalue weighted by atomic mass is 10.1. The molecular formula is C40H21N3OS2. The Labute approximate surface area is 269 Å². The fraction of sp³-hybridized carbons (Fsp3) is 0. The molecule has 11 aromatic rings. The van der Waals surface area contributed by atoms with E-state index in [9.17, 15) is 0 Å². The first-order valence-corrected chi connectivity index (χ1v) is 16.9. The van der Waals surface area contributed by atoms with E-state index in [4.69, 9.17) is 14.4 Å². The minimum absolute atomic E-state index is 0.680. The van der Waals surface area contributed by atoms with Crippen LogP contribution in [-0.2, 0) is 0 Å². The van der Waals surface area contributed by atoms with Crippen molar-refractivity contribution in [3.8, 4) is 17.2 Å². The van der Waals surface area contributed by atoms with Crippen molar-refractivity contribution >= 4 is 107 Å². The highest BCUT2D eigenvalue weighted by atomic mass is 32.1. The molecule has 0 aliphatic heterocycles. The van der Waals surface area contributed by atoms with E-state index in [0.29, 0.717) is 5.95 Å². The Kier molecular flexibility index (Phi) is 4.84. The third-order valence-corrected chi connectivity index (χ3v) is 11.6. The van der Waals surface area contributed by atoms with Gasteiger partial charge in [0, 0.05) is 52.7 Å². The zero-order chi connectivity index (χ0) is 29.9. The lowest BCUT2D eigenvalue weighted by molar-refractivity contribution is 0.669. The van der Waals surface area contributed by atoms with Crippen molar-refractivity contribution in [2.24, 2.45) is 0 Å². The van der Waals surface area contributed by atoms with Crippen LogP contribution in [-0.4, -0.2) is 14.5 Å². The summed E-state index contributed by atoms with van der Waals surface area (Å²) in [4.78, 5) is 10.9. The Morgan fingerprint density at radius 3 is 2.07 bits per heavy atom. The molecule has 0 radical (unpaired) electrons. The first-order chi connectivity index (χ1) is 22.8. The highest BCUT2D eigenvalue weighted by Gasteiger charge is 2.22. The first-order valence-electron chi connectivity index (χ1n) is 15.2. The van der Waals surface area contributed by atoms with Gasteiger partial charge in [-0.3, -0.25) is 4.57 Å². The maximum Gasteiger partial charge on any atom is 0.235 e. The average Bonchev–Trinajstić information content (AvgIpc) is 3.86. The van der Waals surface area contributed by atoms with Crippen molar-refractivity contribution in [1.82, 2.24) is 14.5 Å². The van der Waals surface area contributed by atoms with Gasteiger partial charge in [-0.25, -0.2) is 9.97 Å². The molecule has 4 nitrogen and oxygen atoms in total. The average molecular weight is 624 g/mol. The number of hydrogen-bond acceptors (Lipinski definition) is 5. The lowest BCUT2D eigenvalue weighted by Crippen LogP contribution is -2.02. The van der Waals surface area contributed by atoms with Gasteiger partial charge in [0.25, 0.3) is 0 Å². The van der Waals surface area contributed by atoms with Gasteiger partial charge in [0.1, 0.15) is 11.2 Å². The fourth-order valence-electron chi connectivity index (χ4n) is 7.19. The van der Waals surface area contributed by atoms with Crippen LogP contribution in [0.4, 0.5) is 0 Å². The Morgan fingerprint density at radius 2 is 1.17 bits per heavy atom. The van der Waals surface area contributed by atoms with E-state index in [1.165, 1.54) is 35.6 Å². The monoisotopic (exact) mass is 623 g/mol. The Balaban J connectivity index is 1.30. The summed E-state index contributed by atoms with van der Waals surface area (Å²) in [5.41, 5.74) is 6.98. The van der Waals surface area contributed by atoms with Crippen molar-refractivity contribution in [2.45, 2.75) is 0 Å². The van der Waals surface area contributed by atoms with Crippen LogP contribution in [0.25, 0.3) is 101 Å². The SMILES string of the molecule is c1ccc2c(c1)oc1ccc(-c3nc(-n4c5ccccc5c5ccc6c7ccccc7sc6c54)nc4c3sc3ccccc34)cc12. The molecule has 0 unspecified atom stereocenters. The molecule has 0 fully saturated rings. The van der Waals surface area contributed by atoms with E-state index < -0.39 is 0 Å². The Hall–Kier alpha value is -5.56. The smallest absolute Gasteiger partial charge is 0.235 e. The van der Waals surface area contributed by atoms with Gasteiger partial charge in [-0.15, -0.1) is 22.7 Å². The summed E-state index contributed by atoms with van der Waals surface area (Å²) in [7, 11) is 0. The molecule has 46 heavy (non-hydrogen) atoms. The fourth-order valence-corrected chi connectivity index (χ4v) is 9.58. The second kappa shape index (κ2) is 9.01. The van der Waals surface area contributed by atoms with Crippen molar-refractivity contribution in [3.05, 3.63) is 127 Å². The summed E-state index contributed by atoms with van der Waals surface area (Å²) >= 11 is 3.60. The molecule has 6 aromatic carbocycles. The molecule has 214 valence electrons. The van der Waals surface area contributed by atoms with Crippen molar-refractivity contribution in [2.75, 3.05) is 0 Å². The molecular weight excluding hydrogens is 603 g/mol. The maximum atomic E-state index is 6.19. The van der Waals surface area contributed by atoms with Gasteiger partial charge in [-0.05, 0) is 42.5 Å². The molecule has 0 bridgehead atoms. The molecule has 0 N–H and O–H groups in total. The van der Waals surface area contributed by atoms with Crippen LogP contribution in [0.2, 0.25) is 0 Å². The van der Waals surface area contributed by atoms with Crippen LogP contribution in [0.15, 0.2) is 132 Å². The minimum atomic E-state index is 0.680. The normalized spacial score (nSPS) is 12.3. The number of furan rings is 1. The molecule has 6 heteroatoms. The second-order valence-electron chi connectivity index (χ2n) is 11.7. The van der Waals surface area contributed by atoms with Crippen LogP contribution in [0, 0.1) is 0 Å². The summed E-state index contributed by atoms with van der Waals surface area (Å²) in [5.74, 6) is 0.680. The summed E-state index contributed by atoms with van der Waals surface area (Å²) in [6, 6.07) is 45.1. The quantitative estimate of drug-likeness (QED) is 0.192. The number of nitrogens with zero attached hydrogens (tertiary/aromatic N) is 3. The van der Waals surface area contributed by atoms with E-state index in [2.05, 4.69) is 120 Å². The molecule has 5 heterocycles. The minimum Gasteiger partial charge on any atom is -0.456 e. The molecule has 5 aromatic heterocycles. The maximum absolute atomic E-state index is 6.19. The van der Waals surface area contributed by atoms with Gasteiger partial charge in [0.15, 0.2) is 0 Å². The van der Waals surface area contributed by atoms with Crippen molar-refractivity contribution in [3.63, 3.8) is 0 Å². The van der Waals surface area contributed by atoms with E-state index in [-0.39, 0.29) is 0 Å². The topological polar surface area (TPSA) is 43.9 Å². The highest BCUT2D eigenvalue weighted by Crippen LogP contribution is 2.44. The van der Waals surface area contributed by atoms with Gasteiger partial charge in [0.2, 0.25) is 5.95 Å². The van der Waals surface area contributed by atoms with E-state index in [0.717, 1.165) is 59.8 Å². The third-order valence-electron chi connectivity index (χ3n) is 9.24. The molecule has 0 spiro atoms. The molecule has 0 atom stereocenters. The number of para-hydroxylation sites is 2. The standard InChI is InChI=1S/C40H21N3OS2/c1-5-13-30-23(9-1)26-18-19-27-25-11-3-7-15-33(25)45-38(27)37(26)43(30)40-41-35(39-36(42-40)28-12-4-8-16-34(28)46-39)22-17-20-32-29(21-22)24-10-2-6-14-31(24)44-32/h1-21H. The zero-order valence-electron chi connectivity index (χ0n) is 24.2. The Bertz CT molecular complexity index is 3050. The van der Waals surface area contributed by atoms with Crippen LogP contribution >= 0.6 is 22.7 Å². The lowest BCUT2D eigenvalue weighted by Gasteiger charge is -2.10. The summed E-state index contributed by atoms with van der Waals surface area (Å²) in [5, 5.41) is 8.29. The van der Waals surface area contributed by atoms with Crippen LogP contribution in [0.5, 0.6) is 0 Å². The predicted molar refractivity (Wildman–Crippen MR) is 195 cm³/mol. The number of fused-ring (bicyclic) bond motifs is 13. The van der Waals surface area contributed by atoms with Crippen molar-refractivity contribution in [1.29, 1.82) is 0 Å². The van der Waals surface area contributed by atoms with Gasteiger partial charge in [-0.2, -0.15) is 0 Å². The number of hydrogen-bond donors (Lipinski definition) is 0. The molecule has 0 amide bonds. The van der Waals surface area contributed by atoms with E-state index in [1.807, 2.05) is 23.5 Å². The zero-order valence-corrected chi connectivity index (χ0v) is 25.8. The number of aromatic nitrogens is 3. The second-order valence-corrected chi connectivity index (χ2v) is 13.9. The van der Waals surface area contributed by atoms with Gasteiger partial charge < -0.3 is 4.42 Å². The summed E-state index contributed by atoms with van der Waals surface area (Å²) in [6.07, 6.45) is 0. The molecule has 0 aliphatic carbocycles. The molecule has 0 aliphatic rings. The molecule has 0 saturated carbocycles. The molecule has 0 saturated heterocycles. The number of rotatable bonds is 2. The summed E-state index contributed by atoms with van der Waals surface area (Å²) in [6.45, 7) is 0. The number of benzene rings is 6. The van der Waals surface area contributed by atoms with Gasteiger partial charge in [-0.1, -0.05) is 84.9 Å². The van der Waals surface area contributed by atoms with Crippen LogP contribution in [0.1, 0.15) is 0 Å². The predicted octanol–water partition coefficient (Wildman–Crippen LogP) is 11.9. The third kappa shape index (κ3) is 3.27. The van der Waals surface area contributed by atoms with E-state index in [1.54, 1.807) is 11.3 Å².